The Balaban J connectivity index is 2.21. The second kappa shape index (κ2) is 3.91. The van der Waals surface area contributed by atoms with Crippen molar-refractivity contribution < 1.29 is 8.78 Å². The van der Waals surface area contributed by atoms with Crippen LogP contribution in [0.25, 0.3) is 22.6 Å². The minimum Gasteiger partial charge on any atom is -0.396 e. The quantitative estimate of drug-likeness (QED) is 0.584. The summed E-state index contributed by atoms with van der Waals surface area (Å²) < 4.78 is 26.8. The monoisotopic (exact) mass is 261 g/mol. The molecule has 0 radical (unpaired) electrons. The number of rotatable bonds is 1. The fourth-order valence-corrected chi connectivity index (χ4v) is 1.78. The lowest BCUT2D eigenvalue weighted by Gasteiger charge is -2.02. The molecule has 0 bridgehead atoms. The molecule has 19 heavy (non-hydrogen) atoms. The number of imidazole rings is 1. The van der Waals surface area contributed by atoms with Gasteiger partial charge in [-0.25, -0.2) is 18.7 Å². The van der Waals surface area contributed by atoms with E-state index in [1.807, 2.05) is 0 Å². The summed E-state index contributed by atoms with van der Waals surface area (Å²) >= 11 is 0. The lowest BCUT2D eigenvalue weighted by atomic mass is 10.1. The first-order valence-corrected chi connectivity index (χ1v) is 5.42. The zero-order valence-electron chi connectivity index (χ0n) is 9.61. The zero-order chi connectivity index (χ0) is 13.6. The van der Waals surface area contributed by atoms with E-state index in [-0.39, 0.29) is 17.1 Å². The van der Waals surface area contributed by atoms with Gasteiger partial charge in [0.1, 0.15) is 23.3 Å². The van der Waals surface area contributed by atoms with Gasteiger partial charge >= 0.3 is 0 Å². The number of benzene rings is 1. The van der Waals surface area contributed by atoms with E-state index in [0.717, 1.165) is 6.07 Å². The highest BCUT2D eigenvalue weighted by Gasteiger charge is 2.14. The number of anilines is 2. The first kappa shape index (κ1) is 11.4. The number of H-pyrrole nitrogens is 1. The molecule has 3 rings (SSSR count). The van der Waals surface area contributed by atoms with Crippen LogP contribution >= 0.6 is 0 Å². The molecule has 3 aromatic rings. The molecule has 7 heteroatoms. The number of nitrogens with zero attached hydrogens (tertiary/aromatic N) is 2. The predicted octanol–water partition coefficient (Wildman–Crippen LogP) is 2.07. The first-order chi connectivity index (χ1) is 9.04. The van der Waals surface area contributed by atoms with Gasteiger partial charge in [0.05, 0.1) is 16.8 Å². The van der Waals surface area contributed by atoms with E-state index in [0.29, 0.717) is 17.0 Å². The van der Waals surface area contributed by atoms with E-state index in [4.69, 9.17) is 11.5 Å². The van der Waals surface area contributed by atoms with Crippen LogP contribution in [0.3, 0.4) is 0 Å². The number of pyridine rings is 1. The minimum atomic E-state index is -0.806. The van der Waals surface area contributed by atoms with Gasteiger partial charge < -0.3 is 16.5 Å². The van der Waals surface area contributed by atoms with Gasteiger partial charge in [-0.15, -0.1) is 0 Å². The normalized spacial score (nSPS) is 11.1. The lowest BCUT2D eigenvalue weighted by molar-refractivity contribution is 0.588. The van der Waals surface area contributed by atoms with Crippen molar-refractivity contribution in [3.05, 3.63) is 35.9 Å². The summed E-state index contributed by atoms with van der Waals surface area (Å²) in [5.41, 5.74) is 11.9. The third kappa shape index (κ3) is 1.85. The summed E-state index contributed by atoms with van der Waals surface area (Å²) in [5.74, 6) is -1.03. The lowest BCUT2D eigenvalue weighted by Crippen LogP contribution is -1.95. The molecule has 0 aliphatic rings. The molecule has 5 nitrogen and oxygen atoms in total. The predicted molar refractivity (Wildman–Crippen MR) is 68.1 cm³/mol. The van der Waals surface area contributed by atoms with Crippen molar-refractivity contribution in [2.45, 2.75) is 0 Å². The molecule has 0 saturated carbocycles. The topological polar surface area (TPSA) is 93.6 Å². The maximum Gasteiger partial charge on any atom is 0.180 e. The van der Waals surface area contributed by atoms with Crippen molar-refractivity contribution in [2.75, 3.05) is 11.5 Å². The summed E-state index contributed by atoms with van der Waals surface area (Å²) in [6, 6.07) is 5.18. The van der Waals surface area contributed by atoms with Gasteiger partial charge in [0.25, 0.3) is 0 Å². The number of aromatic nitrogens is 3. The van der Waals surface area contributed by atoms with Crippen LogP contribution < -0.4 is 11.5 Å². The van der Waals surface area contributed by atoms with Gasteiger partial charge in [-0.3, -0.25) is 0 Å². The Morgan fingerprint density at radius 2 is 1.79 bits per heavy atom. The Bertz CT molecular complexity index is 781. The highest BCUT2D eigenvalue weighted by molar-refractivity contribution is 5.78. The van der Waals surface area contributed by atoms with Gasteiger partial charge in [-0.05, 0) is 18.2 Å². The highest BCUT2D eigenvalue weighted by Crippen LogP contribution is 2.26. The second-order valence-electron chi connectivity index (χ2n) is 4.05. The van der Waals surface area contributed by atoms with Crippen LogP contribution in [0.2, 0.25) is 0 Å². The van der Waals surface area contributed by atoms with E-state index < -0.39 is 11.6 Å². The van der Waals surface area contributed by atoms with Crippen molar-refractivity contribution in [3.8, 4) is 11.4 Å². The summed E-state index contributed by atoms with van der Waals surface area (Å²) in [5, 5.41) is 0. The number of halogens is 2. The number of nitrogens with one attached hydrogen (secondary N) is 1. The van der Waals surface area contributed by atoms with Crippen LogP contribution in [0.4, 0.5) is 20.3 Å². The summed E-state index contributed by atoms with van der Waals surface area (Å²) in [6.45, 7) is 0. The number of aromatic amines is 1. The Kier molecular flexibility index (Phi) is 2.34. The molecule has 2 heterocycles. The smallest absolute Gasteiger partial charge is 0.180 e. The molecule has 0 fully saturated rings. The summed E-state index contributed by atoms with van der Waals surface area (Å²) in [7, 11) is 0. The van der Waals surface area contributed by atoms with E-state index in [2.05, 4.69) is 15.0 Å². The van der Waals surface area contributed by atoms with Crippen LogP contribution in [0, 0.1) is 11.6 Å². The third-order valence-electron chi connectivity index (χ3n) is 2.71. The number of hydrogen-bond donors (Lipinski definition) is 3. The Morgan fingerprint density at radius 3 is 2.58 bits per heavy atom. The highest BCUT2D eigenvalue weighted by atomic mass is 19.1. The fourth-order valence-electron chi connectivity index (χ4n) is 1.78. The molecular formula is C12H9F2N5. The number of hydrogen-bond acceptors (Lipinski definition) is 4. The molecule has 5 N–H and O–H groups in total. The Hall–Kier alpha value is -2.70. The number of nitrogens with two attached hydrogens (primary N) is 2. The molecule has 96 valence electrons. The van der Waals surface area contributed by atoms with Gasteiger partial charge in [-0.1, -0.05) is 0 Å². The maximum absolute atomic E-state index is 13.7. The van der Waals surface area contributed by atoms with Crippen molar-refractivity contribution in [2.24, 2.45) is 0 Å². The van der Waals surface area contributed by atoms with E-state index >= 15 is 0 Å². The molecule has 0 amide bonds. The van der Waals surface area contributed by atoms with Crippen LogP contribution in [-0.4, -0.2) is 15.0 Å². The summed E-state index contributed by atoms with van der Waals surface area (Å²) in [4.78, 5) is 11.0. The summed E-state index contributed by atoms with van der Waals surface area (Å²) in [6.07, 6.45) is 0. The van der Waals surface area contributed by atoms with Gasteiger partial charge in [-0.2, -0.15) is 0 Å². The second-order valence-corrected chi connectivity index (χ2v) is 4.05. The van der Waals surface area contributed by atoms with Gasteiger partial charge in [0.15, 0.2) is 5.65 Å². The van der Waals surface area contributed by atoms with E-state index in [9.17, 15) is 8.78 Å². The van der Waals surface area contributed by atoms with Crippen molar-refractivity contribution >= 4 is 22.7 Å². The largest absolute Gasteiger partial charge is 0.396 e. The third-order valence-corrected chi connectivity index (χ3v) is 2.71. The minimum absolute atomic E-state index is 0.0791. The molecule has 0 spiro atoms. The molecule has 0 unspecified atom stereocenters. The van der Waals surface area contributed by atoms with Crippen LogP contribution in [-0.2, 0) is 0 Å². The zero-order valence-corrected chi connectivity index (χ0v) is 9.61. The Morgan fingerprint density at radius 1 is 1.00 bits per heavy atom. The molecule has 0 aliphatic heterocycles. The maximum atomic E-state index is 13.7. The molecule has 1 aromatic carbocycles. The van der Waals surface area contributed by atoms with Gasteiger partial charge in [0, 0.05) is 6.07 Å². The van der Waals surface area contributed by atoms with Crippen molar-refractivity contribution in [1.29, 1.82) is 0 Å². The SMILES string of the molecule is Nc1ccc2[nH]c(-c3cc(N)c(F)cc3F)nc2n1. The van der Waals surface area contributed by atoms with E-state index in [1.54, 1.807) is 12.1 Å². The molecule has 0 atom stereocenters. The van der Waals surface area contributed by atoms with Crippen LogP contribution in [0.15, 0.2) is 24.3 Å². The fraction of sp³-hybridized carbons (Fsp3) is 0. The molecule has 2 aromatic heterocycles. The molecular weight excluding hydrogens is 252 g/mol. The van der Waals surface area contributed by atoms with Crippen LogP contribution in [0.5, 0.6) is 0 Å². The molecule has 0 aliphatic carbocycles. The number of fused-ring (bicyclic) bond motifs is 1. The Labute approximate surface area is 106 Å². The van der Waals surface area contributed by atoms with Crippen molar-refractivity contribution in [3.63, 3.8) is 0 Å². The van der Waals surface area contributed by atoms with Crippen LogP contribution in [0.1, 0.15) is 0 Å². The average Bonchev–Trinajstić information content (AvgIpc) is 2.76. The molecule has 0 saturated heterocycles. The number of nitrogen functional groups attached to an aromatic ring is 2. The standard InChI is InChI=1S/C12H9F2N5/c13-6-4-7(14)8(15)3-5(6)11-17-9-1-2-10(16)18-12(9)19-11/h1-4H,15H2,(H3,16,17,18,19). The van der Waals surface area contributed by atoms with Gasteiger partial charge in [0.2, 0.25) is 0 Å². The van der Waals surface area contributed by atoms with E-state index in [1.165, 1.54) is 6.07 Å². The first-order valence-electron chi connectivity index (χ1n) is 5.42. The van der Waals surface area contributed by atoms with Crippen molar-refractivity contribution in [1.82, 2.24) is 15.0 Å². The average molecular weight is 261 g/mol.